The van der Waals surface area contributed by atoms with Crippen LogP contribution in [0.25, 0.3) is 22.0 Å². The molecule has 21 heavy (non-hydrogen) atoms. The van der Waals surface area contributed by atoms with Gasteiger partial charge in [0.15, 0.2) is 0 Å². The highest BCUT2D eigenvalue weighted by atomic mass is 19.1. The predicted octanol–water partition coefficient (Wildman–Crippen LogP) is 3.72. The van der Waals surface area contributed by atoms with Crippen LogP contribution in [0, 0.1) is 5.82 Å². The molecule has 0 fully saturated rings. The molecule has 4 heteroatoms. The predicted molar refractivity (Wildman–Crippen MR) is 81.7 cm³/mol. The molecule has 1 aromatic heterocycles. The maximum Gasteiger partial charge on any atom is 0.267 e. The second kappa shape index (κ2) is 5.40. The summed E-state index contributed by atoms with van der Waals surface area (Å²) in [6.07, 6.45) is 0. The number of amides is 1. The SMILES string of the molecule is CCNC(=O)c1cc2ccc(-c3ccc(F)cc3)cc2[nH]1. The van der Waals surface area contributed by atoms with E-state index in [0.29, 0.717) is 12.2 Å². The lowest BCUT2D eigenvalue weighted by Crippen LogP contribution is -2.22. The zero-order chi connectivity index (χ0) is 14.8. The normalized spacial score (nSPS) is 10.8. The highest BCUT2D eigenvalue weighted by Crippen LogP contribution is 2.25. The van der Waals surface area contributed by atoms with E-state index in [9.17, 15) is 9.18 Å². The summed E-state index contributed by atoms with van der Waals surface area (Å²) in [5.41, 5.74) is 3.35. The molecule has 3 rings (SSSR count). The van der Waals surface area contributed by atoms with Crippen LogP contribution in [0.1, 0.15) is 17.4 Å². The van der Waals surface area contributed by atoms with Crippen LogP contribution < -0.4 is 5.32 Å². The first kappa shape index (κ1) is 13.4. The number of fused-ring (bicyclic) bond motifs is 1. The molecule has 0 saturated heterocycles. The molecule has 0 aliphatic carbocycles. The number of rotatable bonds is 3. The van der Waals surface area contributed by atoms with Crippen LogP contribution in [0.15, 0.2) is 48.5 Å². The Balaban J connectivity index is 2.00. The molecule has 0 atom stereocenters. The molecular weight excluding hydrogens is 267 g/mol. The highest BCUT2D eigenvalue weighted by molar-refractivity contribution is 5.98. The smallest absolute Gasteiger partial charge is 0.267 e. The van der Waals surface area contributed by atoms with Gasteiger partial charge in [-0.2, -0.15) is 0 Å². The van der Waals surface area contributed by atoms with Gasteiger partial charge in [-0.1, -0.05) is 24.3 Å². The van der Waals surface area contributed by atoms with Gasteiger partial charge in [0, 0.05) is 17.4 Å². The third-order valence-electron chi connectivity index (χ3n) is 3.38. The van der Waals surface area contributed by atoms with Crippen molar-refractivity contribution in [1.29, 1.82) is 0 Å². The zero-order valence-electron chi connectivity index (χ0n) is 11.6. The Hall–Kier alpha value is -2.62. The van der Waals surface area contributed by atoms with Crippen molar-refractivity contribution in [2.24, 2.45) is 0 Å². The first-order valence-electron chi connectivity index (χ1n) is 6.84. The number of benzene rings is 2. The maximum absolute atomic E-state index is 13.0. The van der Waals surface area contributed by atoms with Crippen LogP contribution in [-0.4, -0.2) is 17.4 Å². The van der Waals surface area contributed by atoms with E-state index in [2.05, 4.69) is 10.3 Å². The third-order valence-corrected chi connectivity index (χ3v) is 3.38. The zero-order valence-corrected chi connectivity index (χ0v) is 11.6. The number of hydrogen-bond acceptors (Lipinski definition) is 1. The number of aromatic nitrogens is 1. The van der Waals surface area contributed by atoms with E-state index >= 15 is 0 Å². The Labute approximate surface area is 121 Å². The summed E-state index contributed by atoms with van der Waals surface area (Å²) < 4.78 is 13.0. The Kier molecular flexibility index (Phi) is 3.44. The van der Waals surface area contributed by atoms with Gasteiger partial charge in [0.1, 0.15) is 11.5 Å². The number of carbonyl (C=O) groups excluding carboxylic acids is 1. The summed E-state index contributed by atoms with van der Waals surface area (Å²) in [7, 11) is 0. The number of H-pyrrole nitrogens is 1. The van der Waals surface area contributed by atoms with Crippen LogP contribution in [0.3, 0.4) is 0 Å². The molecule has 0 saturated carbocycles. The summed E-state index contributed by atoms with van der Waals surface area (Å²) in [4.78, 5) is 14.9. The average molecular weight is 282 g/mol. The van der Waals surface area contributed by atoms with Crippen molar-refractivity contribution in [2.75, 3.05) is 6.54 Å². The third kappa shape index (κ3) is 2.65. The van der Waals surface area contributed by atoms with Gasteiger partial charge >= 0.3 is 0 Å². The first-order valence-corrected chi connectivity index (χ1v) is 6.84. The van der Waals surface area contributed by atoms with Gasteiger partial charge in [-0.3, -0.25) is 4.79 Å². The highest BCUT2D eigenvalue weighted by Gasteiger charge is 2.09. The molecule has 0 spiro atoms. The van der Waals surface area contributed by atoms with Crippen molar-refractivity contribution in [3.05, 3.63) is 60.0 Å². The number of carbonyl (C=O) groups is 1. The van der Waals surface area contributed by atoms with Gasteiger partial charge in [0.2, 0.25) is 0 Å². The van der Waals surface area contributed by atoms with E-state index in [1.807, 2.05) is 31.2 Å². The second-order valence-electron chi connectivity index (χ2n) is 4.85. The van der Waals surface area contributed by atoms with Crippen molar-refractivity contribution < 1.29 is 9.18 Å². The summed E-state index contributed by atoms with van der Waals surface area (Å²) in [6, 6.07) is 14.1. The molecule has 3 nitrogen and oxygen atoms in total. The minimum Gasteiger partial charge on any atom is -0.351 e. The topological polar surface area (TPSA) is 44.9 Å². The van der Waals surface area contributed by atoms with Crippen molar-refractivity contribution in [2.45, 2.75) is 6.92 Å². The lowest BCUT2D eigenvalue weighted by Gasteiger charge is -2.01. The van der Waals surface area contributed by atoms with Crippen LogP contribution in [0.4, 0.5) is 4.39 Å². The van der Waals surface area contributed by atoms with E-state index in [1.165, 1.54) is 12.1 Å². The number of aromatic amines is 1. The fraction of sp³-hybridized carbons (Fsp3) is 0.118. The van der Waals surface area contributed by atoms with Crippen LogP contribution in [0.2, 0.25) is 0 Å². The van der Waals surface area contributed by atoms with Crippen LogP contribution in [0.5, 0.6) is 0 Å². The summed E-state index contributed by atoms with van der Waals surface area (Å²) in [5.74, 6) is -0.366. The van der Waals surface area contributed by atoms with Crippen LogP contribution >= 0.6 is 0 Å². The minimum absolute atomic E-state index is 0.114. The standard InChI is InChI=1S/C17H15FN2O/c1-2-19-17(21)16-10-13-4-3-12(9-15(13)20-16)11-5-7-14(18)8-6-11/h3-10,20H,2H2,1H3,(H,19,21). The second-order valence-corrected chi connectivity index (χ2v) is 4.85. The maximum atomic E-state index is 13.0. The molecule has 1 heterocycles. The van der Waals surface area contributed by atoms with Gasteiger partial charge in [-0.15, -0.1) is 0 Å². The lowest BCUT2D eigenvalue weighted by atomic mass is 10.0. The lowest BCUT2D eigenvalue weighted by molar-refractivity contribution is 0.0951. The Bertz CT molecular complexity index is 790. The molecule has 0 unspecified atom stereocenters. The van der Waals surface area contributed by atoms with E-state index < -0.39 is 0 Å². The van der Waals surface area contributed by atoms with Crippen molar-refractivity contribution in [1.82, 2.24) is 10.3 Å². The van der Waals surface area contributed by atoms with Gasteiger partial charge in [-0.05, 0) is 42.3 Å². The average Bonchev–Trinajstić information content (AvgIpc) is 2.91. The van der Waals surface area contributed by atoms with Crippen LogP contribution in [-0.2, 0) is 0 Å². The largest absolute Gasteiger partial charge is 0.351 e. The Morgan fingerprint density at radius 1 is 1.10 bits per heavy atom. The number of hydrogen-bond donors (Lipinski definition) is 2. The Morgan fingerprint density at radius 2 is 1.81 bits per heavy atom. The molecule has 0 radical (unpaired) electrons. The molecule has 0 aliphatic heterocycles. The molecular formula is C17H15FN2O. The van der Waals surface area contributed by atoms with Gasteiger partial charge in [0.05, 0.1) is 0 Å². The van der Waals surface area contributed by atoms with E-state index in [1.54, 1.807) is 12.1 Å². The molecule has 0 bridgehead atoms. The molecule has 2 N–H and O–H groups in total. The molecule has 2 aromatic carbocycles. The monoisotopic (exact) mass is 282 g/mol. The molecule has 0 aliphatic rings. The number of halogens is 1. The Morgan fingerprint density at radius 3 is 2.52 bits per heavy atom. The molecule has 106 valence electrons. The fourth-order valence-electron chi connectivity index (χ4n) is 2.33. The van der Waals surface area contributed by atoms with E-state index in [4.69, 9.17) is 0 Å². The van der Waals surface area contributed by atoms with Crippen molar-refractivity contribution >= 4 is 16.8 Å². The van der Waals surface area contributed by atoms with Gasteiger partial charge < -0.3 is 10.3 Å². The summed E-state index contributed by atoms with van der Waals surface area (Å²) in [6.45, 7) is 2.47. The summed E-state index contributed by atoms with van der Waals surface area (Å²) >= 11 is 0. The molecule has 3 aromatic rings. The minimum atomic E-state index is -0.252. The van der Waals surface area contributed by atoms with Crippen molar-refractivity contribution in [3.8, 4) is 11.1 Å². The first-order chi connectivity index (χ1) is 10.2. The van der Waals surface area contributed by atoms with E-state index in [-0.39, 0.29) is 11.7 Å². The number of nitrogens with one attached hydrogen (secondary N) is 2. The van der Waals surface area contributed by atoms with Gasteiger partial charge in [-0.25, -0.2) is 4.39 Å². The quantitative estimate of drug-likeness (QED) is 0.755. The van der Waals surface area contributed by atoms with E-state index in [0.717, 1.165) is 22.0 Å². The fourth-order valence-corrected chi connectivity index (χ4v) is 2.33. The van der Waals surface area contributed by atoms with Gasteiger partial charge in [0.25, 0.3) is 5.91 Å². The van der Waals surface area contributed by atoms with Crippen molar-refractivity contribution in [3.63, 3.8) is 0 Å². The summed E-state index contributed by atoms with van der Waals surface area (Å²) in [5, 5.41) is 3.74. The molecule has 1 amide bonds.